The van der Waals surface area contributed by atoms with Crippen molar-refractivity contribution in [3.05, 3.63) is 0 Å². The number of aliphatic hydroxyl groups is 1. The van der Waals surface area contributed by atoms with Gasteiger partial charge < -0.3 is 5.11 Å². The predicted octanol–water partition coefficient (Wildman–Crippen LogP) is 5.85. The van der Waals surface area contributed by atoms with Crippen LogP contribution in [0, 0.1) is 5.92 Å². The van der Waals surface area contributed by atoms with Crippen molar-refractivity contribution in [2.75, 3.05) is 0 Å². The minimum atomic E-state index is -1.35. The fraction of sp³-hybridized carbons (Fsp3) is 1.00. The quantitative estimate of drug-likeness (QED) is 0.297. The van der Waals surface area contributed by atoms with Crippen LogP contribution in [0.25, 0.3) is 0 Å². The highest BCUT2D eigenvalue weighted by Crippen LogP contribution is 2.14. The second kappa shape index (κ2) is 15.3. The summed E-state index contributed by atoms with van der Waals surface area (Å²) < 4.78 is 0. The van der Waals surface area contributed by atoms with Crippen LogP contribution in [0.4, 0.5) is 0 Å². The molecule has 0 rings (SSSR count). The highest BCUT2D eigenvalue weighted by molar-refractivity contribution is 4.51. The van der Waals surface area contributed by atoms with Gasteiger partial charge in [-0.25, -0.2) is 5.11 Å². The van der Waals surface area contributed by atoms with Gasteiger partial charge in [-0.2, -0.15) is 0 Å². The Balaban J connectivity index is 2.96. The summed E-state index contributed by atoms with van der Waals surface area (Å²) >= 11 is 0. The van der Waals surface area contributed by atoms with Gasteiger partial charge in [-0.05, 0) is 12.3 Å². The average Bonchev–Trinajstić information content (AvgIpc) is 2.38. The molecular weight excluding hydrogens is 248 g/mol. The van der Waals surface area contributed by atoms with Crippen LogP contribution in [0.2, 0.25) is 0 Å². The van der Waals surface area contributed by atoms with Crippen LogP contribution in [0.1, 0.15) is 104 Å². The van der Waals surface area contributed by atoms with Crippen LogP contribution in [-0.4, -0.2) is 11.4 Å². The Morgan fingerprint density at radius 1 is 0.600 bits per heavy atom. The van der Waals surface area contributed by atoms with Crippen LogP contribution in [-0.2, 0) is 5.11 Å². The van der Waals surface area contributed by atoms with Gasteiger partial charge in [-0.1, -0.05) is 90.9 Å². The lowest BCUT2D eigenvalue weighted by atomic mass is 10.0. The van der Waals surface area contributed by atoms with Crippen LogP contribution in [0.3, 0.4) is 0 Å². The molecule has 1 N–H and O–H groups in total. The van der Waals surface area contributed by atoms with E-state index >= 15 is 0 Å². The minimum absolute atomic E-state index is 0.427. The van der Waals surface area contributed by atoms with Gasteiger partial charge in [-0.15, -0.1) is 0 Å². The lowest BCUT2D eigenvalue weighted by molar-refractivity contribution is -0.0968. The molecule has 0 bridgehead atoms. The van der Waals surface area contributed by atoms with Crippen LogP contribution in [0.15, 0.2) is 0 Å². The molecule has 1 unspecified atom stereocenters. The molecule has 0 saturated heterocycles. The fourth-order valence-electron chi connectivity index (χ4n) is 2.64. The minimum Gasteiger partial charge on any atom is -0.366 e. The van der Waals surface area contributed by atoms with E-state index < -0.39 is 6.29 Å². The third-order valence-corrected chi connectivity index (χ3v) is 3.98. The van der Waals surface area contributed by atoms with Crippen molar-refractivity contribution in [1.29, 1.82) is 0 Å². The van der Waals surface area contributed by atoms with Gasteiger partial charge in [0, 0.05) is 6.42 Å². The molecule has 2 heteroatoms. The standard InChI is InChI=1S/C18H37O2/c1-17(2)15-13-11-9-7-5-3-4-6-8-10-12-14-16-18(19)20/h17-19H,3-16H2,1-2H3. The van der Waals surface area contributed by atoms with E-state index in [1.54, 1.807) is 0 Å². The van der Waals surface area contributed by atoms with Crippen LogP contribution < -0.4 is 0 Å². The maximum absolute atomic E-state index is 10.4. The third kappa shape index (κ3) is 17.9. The Labute approximate surface area is 127 Å². The first-order valence-corrected chi connectivity index (χ1v) is 8.97. The summed E-state index contributed by atoms with van der Waals surface area (Å²) in [6, 6.07) is 0. The zero-order valence-corrected chi connectivity index (χ0v) is 13.9. The average molecular weight is 285 g/mol. The molecule has 2 nitrogen and oxygen atoms in total. The lowest BCUT2D eigenvalue weighted by Crippen LogP contribution is -2.00. The number of aliphatic hydroxyl groups excluding tert-OH is 1. The van der Waals surface area contributed by atoms with Gasteiger partial charge in [0.2, 0.25) is 0 Å². The molecule has 0 aliphatic carbocycles. The fourth-order valence-corrected chi connectivity index (χ4v) is 2.64. The maximum Gasteiger partial charge on any atom is 0.188 e. The molecule has 0 saturated carbocycles. The van der Waals surface area contributed by atoms with E-state index in [0.29, 0.717) is 6.42 Å². The first kappa shape index (κ1) is 19.9. The molecule has 0 aromatic carbocycles. The summed E-state index contributed by atoms with van der Waals surface area (Å²) in [7, 11) is 0. The van der Waals surface area contributed by atoms with Gasteiger partial charge in [-0.3, -0.25) is 0 Å². The molecule has 1 radical (unpaired) electrons. The molecule has 1 atom stereocenters. The van der Waals surface area contributed by atoms with Gasteiger partial charge in [0.25, 0.3) is 0 Å². The molecule has 0 aromatic rings. The Morgan fingerprint density at radius 3 is 1.20 bits per heavy atom. The normalized spacial score (nSPS) is 11.7. The van der Waals surface area contributed by atoms with Crippen molar-refractivity contribution in [3.8, 4) is 0 Å². The van der Waals surface area contributed by atoms with Crippen molar-refractivity contribution < 1.29 is 10.2 Å². The first-order chi connectivity index (χ1) is 9.63. The zero-order valence-electron chi connectivity index (χ0n) is 13.9. The largest absolute Gasteiger partial charge is 0.366 e. The van der Waals surface area contributed by atoms with Gasteiger partial charge in [0.15, 0.2) is 6.29 Å². The highest BCUT2D eigenvalue weighted by atomic mass is 16.5. The van der Waals surface area contributed by atoms with E-state index in [4.69, 9.17) is 5.11 Å². The topological polar surface area (TPSA) is 40.1 Å². The number of rotatable bonds is 15. The van der Waals surface area contributed by atoms with E-state index in [1.807, 2.05) is 0 Å². The number of hydrogen-bond acceptors (Lipinski definition) is 1. The Hall–Kier alpha value is -0.0800. The summed E-state index contributed by atoms with van der Waals surface area (Å²) in [6.45, 7) is 4.62. The van der Waals surface area contributed by atoms with Gasteiger partial charge >= 0.3 is 0 Å². The summed E-state index contributed by atoms with van der Waals surface area (Å²) in [5, 5.41) is 19.0. The summed E-state index contributed by atoms with van der Waals surface area (Å²) in [5.41, 5.74) is 0. The summed E-state index contributed by atoms with van der Waals surface area (Å²) in [6.07, 6.45) is 16.2. The lowest BCUT2D eigenvalue weighted by Gasteiger charge is -2.05. The van der Waals surface area contributed by atoms with Gasteiger partial charge in [0.05, 0.1) is 0 Å². The molecule has 0 aromatic heterocycles. The third-order valence-electron chi connectivity index (χ3n) is 3.98. The predicted molar refractivity (Wildman–Crippen MR) is 86.2 cm³/mol. The van der Waals surface area contributed by atoms with E-state index in [2.05, 4.69) is 13.8 Å². The molecule has 0 heterocycles. The summed E-state index contributed by atoms with van der Waals surface area (Å²) in [5.74, 6) is 0.868. The van der Waals surface area contributed by atoms with Crippen molar-refractivity contribution in [2.24, 2.45) is 5.92 Å². The molecular formula is C18H37O2. The summed E-state index contributed by atoms with van der Waals surface area (Å²) in [4.78, 5) is 0. The van der Waals surface area contributed by atoms with E-state index in [1.165, 1.54) is 70.6 Å². The smallest absolute Gasteiger partial charge is 0.188 e. The van der Waals surface area contributed by atoms with Crippen molar-refractivity contribution in [1.82, 2.24) is 0 Å². The molecule has 0 aliphatic heterocycles. The Bertz CT molecular complexity index is 158. The molecule has 20 heavy (non-hydrogen) atoms. The molecule has 0 spiro atoms. The monoisotopic (exact) mass is 285 g/mol. The second-order valence-corrected chi connectivity index (χ2v) is 6.67. The van der Waals surface area contributed by atoms with Gasteiger partial charge in [0.1, 0.15) is 0 Å². The molecule has 0 fully saturated rings. The van der Waals surface area contributed by atoms with E-state index in [9.17, 15) is 5.11 Å². The van der Waals surface area contributed by atoms with Crippen molar-refractivity contribution in [2.45, 2.75) is 110 Å². The number of hydrogen-bond donors (Lipinski definition) is 1. The van der Waals surface area contributed by atoms with Crippen LogP contribution >= 0.6 is 0 Å². The van der Waals surface area contributed by atoms with Crippen LogP contribution in [0.5, 0.6) is 0 Å². The van der Waals surface area contributed by atoms with E-state index in [0.717, 1.165) is 18.8 Å². The van der Waals surface area contributed by atoms with Crippen molar-refractivity contribution in [3.63, 3.8) is 0 Å². The first-order valence-electron chi connectivity index (χ1n) is 8.97. The highest BCUT2D eigenvalue weighted by Gasteiger charge is 1.99. The second-order valence-electron chi connectivity index (χ2n) is 6.67. The Kier molecular flexibility index (Phi) is 15.3. The van der Waals surface area contributed by atoms with E-state index in [-0.39, 0.29) is 0 Å². The van der Waals surface area contributed by atoms with Crippen molar-refractivity contribution >= 4 is 0 Å². The number of unbranched alkanes of at least 4 members (excludes halogenated alkanes) is 11. The SMILES string of the molecule is CC(C)CCCCCCCCCCCCCCC([O])O. The maximum atomic E-state index is 10.4. The molecule has 121 valence electrons. The zero-order chi connectivity index (χ0) is 15.1. The molecule has 0 amide bonds. The Morgan fingerprint density at radius 2 is 0.900 bits per heavy atom. The molecule has 0 aliphatic rings.